The normalized spacial score (nSPS) is 14.1. The second-order valence-corrected chi connectivity index (χ2v) is 6.01. The molecule has 0 amide bonds. The first-order valence-corrected chi connectivity index (χ1v) is 8.04. The van der Waals surface area contributed by atoms with E-state index < -0.39 is 5.82 Å². The number of halogens is 3. The van der Waals surface area contributed by atoms with Gasteiger partial charge in [0.15, 0.2) is 11.6 Å². The van der Waals surface area contributed by atoms with E-state index in [0.29, 0.717) is 10.0 Å². The summed E-state index contributed by atoms with van der Waals surface area (Å²) in [5.41, 5.74) is 1.55. The van der Waals surface area contributed by atoms with Crippen LogP contribution in [0.2, 0.25) is 10.0 Å². The summed E-state index contributed by atoms with van der Waals surface area (Å²) in [6.45, 7) is 1.84. The molecule has 0 aliphatic carbocycles. The summed E-state index contributed by atoms with van der Waals surface area (Å²) in [5, 5.41) is 4.09. The fourth-order valence-electron chi connectivity index (χ4n) is 2.28. The first-order valence-electron chi connectivity index (χ1n) is 7.28. The average molecular weight is 353 g/mol. The number of nitrogens with one attached hydrogen (secondary N) is 1. The topological polar surface area (TPSA) is 33.6 Å². The summed E-state index contributed by atoms with van der Waals surface area (Å²) in [6.07, 6.45) is 0.997. The van der Waals surface area contributed by atoms with Crippen LogP contribution < -0.4 is 10.1 Å². The Bertz CT molecular complexity index is 749. The highest BCUT2D eigenvalue weighted by atomic mass is 35.5. The van der Waals surface area contributed by atoms with Crippen molar-refractivity contribution in [2.24, 2.45) is 4.99 Å². The van der Waals surface area contributed by atoms with Crippen molar-refractivity contribution in [3.63, 3.8) is 0 Å². The van der Waals surface area contributed by atoms with E-state index in [0.717, 1.165) is 36.5 Å². The van der Waals surface area contributed by atoms with Crippen LogP contribution >= 0.6 is 23.2 Å². The van der Waals surface area contributed by atoms with Crippen LogP contribution in [0, 0.1) is 5.82 Å². The third kappa shape index (κ3) is 3.95. The van der Waals surface area contributed by atoms with Crippen LogP contribution in [0.4, 0.5) is 4.39 Å². The molecule has 0 radical (unpaired) electrons. The number of ether oxygens (including phenoxy) is 1. The molecule has 1 N–H and O–H groups in total. The molecule has 0 saturated heterocycles. The maximum absolute atomic E-state index is 14.2. The Morgan fingerprint density at radius 2 is 2.00 bits per heavy atom. The SMILES string of the molecule is Fc1cc(C2=NCCCN2)ccc1OCc1ccc(Cl)c(Cl)c1. The lowest BCUT2D eigenvalue weighted by atomic mass is 10.1. The van der Waals surface area contributed by atoms with E-state index in [1.54, 1.807) is 30.3 Å². The molecular formula is C17H15Cl2FN2O. The molecule has 0 spiro atoms. The third-order valence-electron chi connectivity index (χ3n) is 3.48. The van der Waals surface area contributed by atoms with Gasteiger partial charge in [0.25, 0.3) is 0 Å². The number of hydrogen-bond acceptors (Lipinski definition) is 3. The summed E-state index contributed by atoms with van der Waals surface area (Å²) in [7, 11) is 0. The standard InChI is InChI=1S/C17H15Cl2FN2O/c18-13-4-2-11(8-14(13)19)10-23-16-5-3-12(9-15(16)20)17-21-6-1-7-22-17/h2-5,8-9H,1,6-7,10H2,(H,21,22). The second kappa shape index (κ2) is 7.20. The van der Waals surface area contributed by atoms with Gasteiger partial charge >= 0.3 is 0 Å². The lowest BCUT2D eigenvalue weighted by Crippen LogP contribution is -2.30. The number of nitrogens with zero attached hydrogens (tertiary/aromatic N) is 1. The van der Waals surface area contributed by atoms with Gasteiger partial charge in [-0.3, -0.25) is 4.99 Å². The van der Waals surface area contributed by atoms with Crippen molar-refractivity contribution < 1.29 is 9.13 Å². The highest BCUT2D eigenvalue weighted by Gasteiger charge is 2.11. The highest BCUT2D eigenvalue weighted by Crippen LogP contribution is 2.24. The number of amidine groups is 1. The zero-order chi connectivity index (χ0) is 16.2. The monoisotopic (exact) mass is 352 g/mol. The minimum absolute atomic E-state index is 0.191. The zero-order valence-electron chi connectivity index (χ0n) is 12.3. The van der Waals surface area contributed by atoms with E-state index in [-0.39, 0.29) is 12.4 Å². The van der Waals surface area contributed by atoms with E-state index in [1.165, 1.54) is 6.07 Å². The van der Waals surface area contributed by atoms with Crippen LogP contribution in [0.15, 0.2) is 41.4 Å². The van der Waals surface area contributed by atoms with Gasteiger partial charge in [0.1, 0.15) is 12.4 Å². The van der Waals surface area contributed by atoms with Crippen LogP contribution in [0.3, 0.4) is 0 Å². The predicted molar refractivity (Wildman–Crippen MR) is 91.2 cm³/mol. The fraction of sp³-hybridized carbons (Fsp3) is 0.235. The smallest absolute Gasteiger partial charge is 0.165 e. The van der Waals surface area contributed by atoms with Gasteiger partial charge in [-0.1, -0.05) is 29.3 Å². The summed E-state index contributed by atoms with van der Waals surface area (Å²) in [4.78, 5) is 4.35. The van der Waals surface area contributed by atoms with E-state index in [1.807, 2.05) is 0 Å². The van der Waals surface area contributed by atoms with Crippen LogP contribution in [-0.4, -0.2) is 18.9 Å². The zero-order valence-corrected chi connectivity index (χ0v) is 13.8. The Morgan fingerprint density at radius 3 is 2.70 bits per heavy atom. The van der Waals surface area contributed by atoms with Crippen LogP contribution in [-0.2, 0) is 6.61 Å². The molecule has 1 aliphatic rings. The van der Waals surface area contributed by atoms with Gasteiger partial charge in [0.05, 0.1) is 10.0 Å². The fourth-order valence-corrected chi connectivity index (χ4v) is 2.60. The van der Waals surface area contributed by atoms with Crippen LogP contribution in [0.5, 0.6) is 5.75 Å². The van der Waals surface area contributed by atoms with Crippen molar-refractivity contribution in [3.8, 4) is 5.75 Å². The number of aliphatic imine (C=N–C) groups is 1. The Morgan fingerprint density at radius 1 is 1.13 bits per heavy atom. The van der Waals surface area contributed by atoms with E-state index in [4.69, 9.17) is 27.9 Å². The molecule has 3 nitrogen and oxygen atoms in total. The van der Waals surface area contributed by atoms with Gasteiger partial charge in [-0.2, -0.15) is 0 Å². The number of hydrogen-bond donors (Lipinski definition) is 1. The van der Waals surface area contributed by atoms with Gasteiger partial charge in [-0.25, -0.2) is 4.39 Å². The molecule has 6 heteroatoms. The van der Waals surface area contributed by atoms with Gasteiger partial charge in [-0.15, -0.1) is 0 Å². The van der Waals surface area contributed by atoms with Crippen molar-refractivity contribution in [1.82, 2.24) is 5.32 Å². The molecule has 2 aromatic carbocycles. The van der Waals surface area contributed by atoms with Crippen molar-refractivity contribution in [2.45, 2.75) is 13.0 Å². The van der Waals surface area contributed by atoms with E-state index in [9.17, 15) is 4.39 Å². The van der Waals surface area contributed by atoms with Crippen molar-refractivity contribution in [3.05, 3.63) is 63.4 Å². The molecule has 1 aliphatic heterocycles. The first kappa shape index (κ1) is 16.1. The molecule has 1 heterocycles. The molecule has 23 heavy (non-hydrogen) atoms. The molecular weight excluding hydrogens is 338 g/mol. The summed E-state index contributed by atoms with van der Waals surface area (Å²) >= 11 is 11.8. The predicted octanol–water partition coefficient (Wildman–Crippen LogP) is 4.45. The van der Waals surface area contributed by atoms with Gasteiger partial charge in [0, 0.05) is 18.7 Å². The summed E-state index contributed by atoms with van der Waals surface area (Å²) in [6, 6.07) is 10.0. The average Bonchev–Trinajstić information content (AvgIpc) is 2.57. The third-order valence-corrected chi connectivity index (χ3v) is 4.22. The minimum atomic E-state index is -0.419. The van der Waals surface area contributed by atoms with Gasteiger partial charge < -0.3 is 10.1 Å². The summed E-state index contributed by atoms with van der Waals surface area (Å²) < 4.78 is 19.7. The van der Waals surface area contributed by atoms with E-state index in [2.05, 4.69) is 10.3 Å². The lowest BCUT2D eigenvalue weighted by molar-refractivity contribution is 0.290. The Hall–Kier alpha value is -1.78. The molecule has 0 unspecified atom stereocenters. The Labute approximate surface area is 144 Å². The molecule has 0 atom stereocenters. The number of benzene rings is 2. The molecule has 120 valence electrons. The molecule has 0 bridgehead atoms. The lowest BCUT2D eigenvalue weighted by Gasteiger charge is -2.15. The molecule has 0 fully saturated rings. The first-order chi connectivity index (χ1) is 11.1. The molecule has 0 aromatic heterocycles. The Kier molecular flexibility index (Phi) is 5.03. The van der Waals surface area contributed by atoms with E-state index >= 15 is 0 Å². The molecule has 3 rings (SSSR count). The largest absolute Gasteiger partial charge is 0.486 e. The van der Waals surface area contributed by atoms with Gasteiger partial charge in [-0.05, 0) is 42.3 Å². The minimum Gasteiger partial charge on any atom is -0.486 e. The van der Waals surface area contributed by atoms with Crippen LogP contribution in [0.25, 0.3) is 0 Å². The maximum atomic E-state index is 14.2. The highest BCUT2D eigenvalue weighted by molar-refractivity contribution is 6.42. The summed E-state index contributed by atoms with van der Waals surface area (Å²) in [5.74, 6) is 0.500. The second-order valence-electron chi connectivity index (χ2n) is 5.19. The van der Waals surface area contributed by atoms with Crippen molar-refractivity contribution in [1.29, 1.82) is 0 Å². The molecule has 2 aromatic rings. The maximum Gasteiger partial charge on any atom is 0.165 e. The van der Waals surface area contributed by atoms with Crippen LogP contribution in [0.1, 0.15) is 17.5 Å². The van der Waals surface area contributed by atoms with Gasteiger partial charge in [0.2, 0.25) is 0 Å². The Balaban J connectivity index is 1.70. The van der Waals surface area contributed by atoms with Crippen molar-refractivity contribution in [2.75, 3.05) is 13.1 Å². The van der Waals surface area contributed by atoms with Crippen molar-refractivity contribution >= 4 is 29.0 Å². The molecule has 0 saturated carbocycles. The number of rotatable bonds is 4. The quantitative estimate of drug-likeness (QED) is 0.881.